The van der Waals surface area contributed by atoms with Gasteiger partial charge in [-0.15, -0.1) is 11.3 Å². The summed E-state index contributed by atoms with van der Waals surface area (Å²) < 4.78 is 16.5. The number of carbonyl (C=O) groups excluding carboxylic acids is 1. The van der Waals surface area contributed by atoms with E-state index in [1.807, 2.05) is 41.8 Å². The van der Waals surface area contributed by atoms with Crippen molar-refractivity contribution in [2.75, 3.05) is 20.8 Å². The Morgan fingerprint density at radius 2 is 2.09 bits per heavy atom. The van der Waals surface area contributed by atoms with Gasteiger partial charge in [0, 0.05) is 29.4 Å². The summed E-state index contributed by atoms with van der Waals surface area (Å²) in [5.74, 6) is 2.28. The molecule has 33 heavy (non-hydrogen) atoms. The summed E-state index contributed by atoms with van der Waals surface area (Å²) in [7, 11) is 3.32. The van der Waals surface area contributed by atoms with Gasteiger partial charge in [-0.1, -0.05) is 6.07 Å². The number of rotatable bonds is 9. The highest BCUT2D eigenvalue weighted by Gasteiger charge is 2.37. The number of ether oxygens (including phenoxy) is 2. The van der Waals surface area contributed by atoms with Gasteiger partial charge >= 0.3 is 0 Å². The molecule has 1 atom stereocenters. The average Bonchev–Trinajstić information content (AvgIpc) is 3.24. The van der Waals surface area contributed by atoms with Crippen molar-refractivity contribution >= 4 is 23.0 Å². The quantitative estimate of drug-likeness (QED) is 0.458. The molecule has 1 amide bonds. The number of thiophene rings is 1. The summed E-state index contributed by atoms with van der Waals surface area (Å²) in [4.78, 5) is 16.9. The van der Waals surface area contributed by atoms with E-state index in [1.165, 1.54) is 0 Å². The van der Waals surface area contributed by atoms with Gasteiger partial charge in [0.2, 0.25) is 0 Å². The van der Waals surface area contributed by atoms with Crippen LogP contribution in [-0.2, 0) is 11.3 Å². The summed E-state index contributed by atoms with van der Waals surface area (Å²) in [5.41, 5.74) is 1.81. The highest BCUT2D eigenvalue weighted by molar-refractivity contribution is 7.10. The summed E-state index contributed by atoms with van der Waals surface area (Å²) in [6.07, 6.45) is 4.47. The number of benzene rings is 1. The molecule has 7 nitrogen and oxygen atoms in total. The molecule has 0 saturated heterocycles. The Morgan fingerprint density at radius 3 is 2.76 bits per heavy atom. The predicted molar refractivity (Wildman–Crippen MR) is 127 cm³/mol. The molecule has 0 radical (unpaired) electrons. The van der Waals surface area contributed by atoms with Crippen LogP contribution in [0, 0.1) is 0 Å². The first-order chi connectivity index (χ1) is 16.2. The molecule has 5 rings (SSSR count). The second kappa shape index (κ2) is 9.41. The van der Waals surface area contributed by atoms with Crippen LogP contribution in [0.4, 0.5) is 0 Å². The molecule has 1 aliphatic carbocycles. The largest absolute Gasteiger partial charge is 0.497 e. The van der Waals surface area contributed by atoms with Crippen molar-refractivity contribution in [3.63, 3.8) is 0 Å². The summed E-state index contributed by atoms with van der Waals surface area (Å²) in [6.45, 7) is 0.908. The first kappa shape index (κ1) is 21.7. The Morgan fingerprint density at radius 1 is 1.21 bits per heavy atom. The lowest BCUT2D eigenvalue weighted by atomic mass is 10.1. The number of methoxy groups -OCH3 is 2. The standard InChI is InChI=1S/C25H27N3O4S/c1-30-19-9-10-22(31-2)17(13-19)15-27(18-7-8-18)16-25(29)28-21(24-6-4-12-33-24)14-20(26-28)23-5-3-11-32-23/h3-6,9-13,18,21H,7-8,14-16H2,1-2H3. The number of nitrogens with zero attached hydrogens (tertiary/aromatic N) is 3. The van der Waals surface area contributed by atoms with Gasteiger partial charge in [-0.05, 0) is 54.6 Å². The van der Waals surface area contributed by atoms with E-state index < -0.39 is 0 Å². The number of hydrogen-bond acceptors (Lipinski definition) is 7. The molecule has 1 unspecified atom stereocenters. The third-order valence-electron chi connectivity index (χ3n) is 6.11. The monoisotopic (exact) mass is 465 g/mol. The zero-order valence-corrected chi connectivity index (χ0v) is 19.6. The summed E-state index contributed by atoms with van der Waals surface area (Å²) in [6, 6.07) is 13.9. The fourth-order valence-corrected chi connectivity index (χ4v) is 5.07. The van der Waals surface area contributed by atoms with Crippen molar-refractivity contribution in [3.05, 3.63) is 70.3 Å². The zero-order chi connectivity index (χ0) is 22.8. The van der Waals surface area contributed by atoms with Gasteiger partial charge in [-0.3, -0.25) is 9.69 Å². The first-order valence-electron chi connectivity index (χ1n) is 11.1. The molecule has 8 heteroatoms. The van der Waals surface area contributed by atoms with E-state index in [4.69, 9.17) is 19.0 Å². The molecule has 0 N–H and O–H groups in total. The van der Waals surface area contributed by atoms with Crippen LogP contribution in [0.3, 0.4) is 0 Å². The maximum Gasteiger partial charge on any atom is 0.257 e. The van der Waals surface area contributed by atoms with Gasteiger partial charge < -0.3 is 13.9 Å². The van der Waals surface area contributed by atoms with Gasteiger partial charge in [0.1, 0.15) is 23.0 Å². The lowest BCUT2D eigenvalue weighted by Gasteiger charge is -2.27. The van der Waals surface area contributed by atoms with E-state index in [1.54, 1.807) is 36.8 Å². The summed E-state index contributed by atoms with van der Waals surface area (Å²) >= 11 is 1.65. The highest BCUT2D eigenvalue weighted by atomic mass is 32.1. The lowest BCUT2D eigenvalue weighted by molar-refractivity contribution is -0.134. The molecule has 1 fully saturated rings. The molecule has 1 aliphatic heterocycles. The van der Waals surface area contributed by atoms with Gasteiger partial charge in [0.15, 0.2) is 0 Å². The maximum atomic E-state index is 13.6. The Balaban J connectivity index is 1.38. The minimum absolute atomic E-state index is 0.0104. The van der Waals surface area contributed by atoms with Crippen molar-refractivity contribution in [1.29, 1.82) is 0 Å². The topological polar surface area (TPSA) is 67.5 Å². The number of hydrogen-bond donors (Lipinski definition) is 0. The van der Waals surface area contributed by atoms with Crippen LogP contribution in [0.2, 0.25) is 0 Å². The highest BCUT2D eigenvalue weighted by Crippen LogP contribution is 2.37. The molecule has 0 spiro atoms. The number of hydrazone groups is 1. The van der Waals surface area contributed by atoms with E-state index in [9.17, 15) is 4.79 Å². The van der Waals surface area contributed by atoms with E-state index in [-0.39, 0.29) is 11.9 Å². The molecule has 2 aromatic heterocycles. The average molecular weight is 466 g/mol. The fraction of sp³-hybridized carbons (Fsp3) is 0.360. The Hall–Kier alpha value is -3.10. The number of amides is 1. The molecule has 1 aromatic carbocycles. The Kier molecular flexibility index (Phi) is 6.20. The number of carbonyl (C=O) groups is 1. The first-order valence-corrected chi connectivity index (χ1v) is 12.0. The van der Waals surface area contributed by atoms with Crippen LogP contribution >= 0.6 is 11.3 Å². The SMILES string of the molecule is COc1ccc(OC)c(CN(CC(=O)N2N=C(c3ccco3)CC2c2cccs2)C2CC2)c1. The lowest BCUT2D eigenvalue weighted by Crippen LogP contribution is -2.39. The van der Waals surface area contributed by atoms with Crippen LogP contribution in [-0.4, -0.2) is 48.3 Å². The smallest absolute Gasteiger partial charge is 0.257 e. The van der Waals surface area contributed by atoms with Gasteiger partial charge in [0.05, 0.1) is 33.1 Å². The van der Waals surface area contributed by atoms with Crippen molar-refractivity contribution < 1.29 is 18.7 Å². The second-order valence-corrected chi connectivity index (χ2v) is 9.29. The predicted octanol–water partition coefficient (Wildman–Crippen LogP) is 4.70. The third-order valence-corrected chi connectivity index (χ3v) is 7.08. The van der Waals surface area contributed by atoms with Gasteiger partial charge in [-0.25, -0.2) is 5.01 Å². The van der Waals surface area contributed by atoms with Crippen LogP contribution in [0.1, 0.15) is 41.5 Å². The fourth-order valence-electron chi connectivity index (χ4n) is 4.26. The second-order valence-electron chi connectivity index (χ2n) is 8.31. The molecule has 2 aliphatic rings. The van der Waals surface area contributed by atoms with E-state index >= 15 is 0 Å². The molecule has 3 aromatic rings. The van der Waals surface area contributed by atoms with Crippen LogP contribution < -0.4 is 9.47 Å². The van der Waals surface area contributed by atoms with Crippen molar-refractivity contribution in [2.24, 2.45) is 5.10 Å². The van der Waals surface area contributed by atoms with E-state index in [0.29, 0.717) is 31.3 Å². The molecular formula is C25H27N3O4S. The van der Waals surface area contributed by atoms with Gasteiger partial charge in [-0.2, -0.15) is 5.10 Å². The zero-order valence-electron chi connectivity index (χ0n) is 18.8. The molecule has 3 heterocycles. The number of furan rings is 1. The molecule has 0 bridgehead atoms. The van der Waals surface area contributed by atoms with Crippen molar-refractivity contribution in [1.82, 2.24) is 9.91 Å². The minimum Gasteiger partial charge on any atom is -0.497 e. The van der Waals surface area contributed by atoms with E-state index in [2.05, 4.69) is 11.0 Å². The van der Waals surface area contributed by atoms with Gasteiger partial charge in [0.25, 0.3) is 5.91 Å². The Bertz CT molecular complexity index is 1120. The minimum atomic E-state index is -0.106. The molecule has 172 valence electrons. The summed E-state index contributed by atoms with van der Waals surface area (Å²) in [5, 5.41) is 8.40. The maximum absolute atomic E-state index is 13.6. The molecular weight excluding hydrogens is 438 g/mol. The van der Waals surface area contributed by atoms with Crippen LogP contribution in [0.5, 0.6) is 11.5 Å². The normalized spacial score (nSPS) is 18.0. The molecule has 1 saturated carbocycles. The van der Waals surface area contributed by atoms with Crippen LogP contribution in [0.15, 0.2) is 63.6 Å². The Labute approximate surface area is 197 Å². The van der Waals surface area contributed by atoms with Crippen molar-refractivity contribution in [3.8, 4) is 11.5 Å². The van der Waals surface area contributed by atoms with Crippen LogP contribution in [0.25, 0.3) is 0 Å². The van der Waals surface area contributed by atoms with Crippen molar-refractivity contribution in [2.45, 2.75) is 37.9 Å². The third kappa shape index (κ3) is 4.67. The van der Waals surface area contributed by atoms with E-state index in [0.717, 1.165) is 40.5 Å².